The van der Waals surface area contributed by atoms with Crippen LogP contribution in [0, 0.1) is 0 Å². The molecule has 7 nitrogen and oxygen atoms in total. The van der Waals surface area contributed by atoms with E-state index in [1.165, 1.54) is 0 Å². The molecule has 3 aromatic rings. The zero-order valence-corrected chi connectivity index (χ0v) is 18.5. The predicted octanol–water partition coefficient (Wildman–Crippen LogP) is 4.59. The molecule has 0 fully saturated rings. The molecule has 9 heteroatoms. The lowest BCUT2D eigenvalue weighted by Crippen LogP contribution is -2.30. The lowest BCUT2D eigenvalue weighted by atomic mass is 10.0. The predicted molar refractivity (Wildman–Crippen MR) is 127 cm³/mol. The molecule has 0 bridgehead atoms. The normalized spacial score (nSPS) is 16.1. The van der Waals surface area contributed by atoms with Gasteiger partial charge < -0.3 is 9.73 Å². The number of furan rings is 1. The van der Waals surface area contributed by atoms with E-state index in [1.54, 1.807) is 30.3 Å². The van der Waals surface area contributed by atoms with Crippen LogP contribution in [0.2, 0.25) is 0 Å². The molecule has 160 valence electrons. The summed E-state index contributed by atoms with van der Waals surface area (Å²) >= 11 is 5.63. The first kappa shape index (κ1) is 21.1. The molecule has 1 aliphatic heterocycles. The van der Waals surface area contributed by atoms with Crippen LogP contribution in [-0.4, -0.2) is 30.0 Å². The van der Waals surface area contributed by atoms with Crippen molar-refractivity contribution < 1.29 is 12.8 Å². The van der Waals surface area contributed by atoms with E-state index in [-0.39, 0.29) is 11.8 Å². The Morgan fingerprint density at radius 3 is 2.48 bits per heavy atom. The molecule has 0 amide bonds. The topological polar surface area (TPSA) is 86.9 Å². The van der Waals surface area contributed by atoms with Crippen LogP contribution >= 0.6 is 12.2 Å². The number of para-hydroxylation sites is 1. The summed E-state index contributed by atoms with van der Waals surface area (Å²) in [5.41, 5.74) is 3.12. The van der Waals surface area contributed by atoms with Crippen LogP contribution in [0.25, 0.3) is 0 Å². The SMILES string of the molecule is CCS(=O)(=O)Nc1ccc(C2=NN(C(=S)Nc3ccccc3)[C@H](c3ccco3)C2)cc1. The third-order valence-corrected chi connectivity index (χ3v) is 6.48. The van der Waals surface area contributed by atoms with Crippen LogP contribution in [0.3, 0.4) is 0 Å². The van der Waals surface area contributed by atoms with Crippen molar-refractivity contribution in [3.63, 3.8) is 0 Å². The van der Waals surface area contributed by atoms with E-state index < -0.39 is 10.0 Å². The van der Waals surface area contributed by atoms with Crippen molar-refractivity contribution in [3.8, 4) is 0 Å². The number of rotatable bonds is 6. The van der Waals surface area contributed by atoms with Crippen molar-refractivity contribution in [3.05, 3.63) is 84.3 Å². The summed E-state index contributed by atoms with van der Waals surface area (Å²) in [4.78, 5) is 0. The standard InChI is InChI=1S/C22H22N4O3S2/c1-2-31(27,28)25-18-12-10-16(11-13-18)19-15-20(21-9-6-14-29-21)26(24-19)22(30)23-17-7-4-3-5-8-17/h3-14,20,25H,2,15H2,1H3,(H,23,30)/t20-/m0/s1. The molecule has 2 heterocycles. The molecule has 1 aliphatic rings. The van der Waals surface area contributed by atoms with Gasteiger partial charge in [-0.2, -0.15) is 5.10 Å². The Balaban J connectivity index is 1.58. The monoisotopic (exact) mass is 454 g/mol. The van der Waals surface area contributed by atoms with E-state index in [9.17, 15) is 8.42 Å². The fraction of sp³-hybridized carbons (Fsp3) is 0.182. The largest absolute Gasteiger partial charge is 0.467 e. The number of nitrogens with one attached hydrogen (secondary N) is 2. The van der Waals surface area contributed by atoms with Gasteiger partial charge in [-0.05, 0) is 61.1 Å². The van der Waals surface area contributed by atoms with Crippen molar-refractivity contribution in [2.45, 2.75) is 19.4 Å². The quantitative estimate of drug-likeness (QED) is 0.530. The zero-order chi connectivity index (χ0) is 21.8. The number of thiocarbonyl (C=S) groups is 1. The lowest BCUT2D eigenvalue weighted by Gasteiger charge is -2.23. The maximum absolute atomic E-state index is 11.8. The summed E-state index contributed by atoms with van der Waals surface area (Å²) in [5, 5.41) is 10.2. The van der Waals surface area contributed by atoms with Crippen LogP contribution < -0.4 is 10.0 Å². The number of hydrogen-bond acceptors (Lipinski definition) is 5. The Labute approximate surface area is 186 Å². The van der Waals surface area contributed by atoms with Gasteiger partial charge >= 0.3 is 0 Å². The summed E-state index contributed by atoms with van der Waals surface area (Å²) < 4.78 is 31.7. The number of benzene rings is 2. The molecule has 0 unspecified atom stereocenters. The second kappa shape index (κ2) is 8.91. The second-order valence-electron chi connectivity index (χ2n) is 7.01. The molecule has 2 aromatic carbocycles. The minimum atomic E-state index is -3.32. The molecular formula is C22H22N4O3S2. The van der Waals surface area contributed by atoms with E-state index in [4.69, 9.17) is 21.7 Å². The maximum Gasteiger partial charge on any atom is 0.232 e. The maximum atomic E-state index is 11.8. The van der Waals surface area contributed by atoms with Crippen LogP contribution in [0.5, 0.6) is 0 Å². The van der Waals surface area contributed by atoms with Crippen molar-refractivity contribution in [2.24, 2.45) is 5.10 Å². The lowest BCUT2D eigenvalue weighted by molar-refractivity contribution is 0.318. The summed E-state index contributed by atoms with van der Waals surface area (Å²) in [6.45, 7) is 1.60. The number of hydrogen-bond donors (Lipinski definition) is 2. The van der Waals surface area contributed by atoms with Gasteiger partial charge in [0.15, 0.2) is 5.11 Å². The van der Waals surface area contributed by atoms with Crippen molar-refractivity contribution >= 4 is 44.4 Å². The molecule has 31 heavy (non-hydrogen) atoms. The Kier molecular flexibility index (Phi) is 6.06. The van der Waals surface area contributed by atoms with Gasteiger partial charge in [-0.3, -0.25) is 4.72 Å². The molecular weight excluding hydrogens is 432 g/mol. The Morgan fingerprint density at radius 1 is 1.10 bits per heavy atom. The minimum absolute atomic E-state index is 0.0209. The number of anilines is 2. The average Bonchev–Trinajstić information content (AvgIpc) is 3.45. The summed E-state index contributed by atoms with van der Waals surface area (Å²) in [6, 6.07) is 20.4. The van der Waals surface area contributed by atoms with Crippen molar-refractivity contribution in [2.75, 3.05) is 15.8 Å². The molecule has 0 saturated heterocycles. The van der Waals surface area contributed by atoms with E-state index in [0.29, 0.717) is 17.2 Å². The number of sulfonamides is 1. The summed E-state index contributed by atoms with van der Waals surface area (Å²) in [7, 11) is -3.32. The van der Waals surface area contributed by atoms with Gasteiger partial charge in [0.2, 0.25) is 10.0 Å². The fourth-order valence-electron chi connectivity index (χ4n) is 3.26. The van der Waals surface area contributed by atoms with Crippen LogP contribution in [0.15, 0.2) is 82.5 Å². The average molecular weight is 455 g/mol. The molecule has 4 rings (SSSR count). The molecule has 2 N–H and O–H groups in total. The van der Waals surface area contributed by atoms with Gasteiger partial charge in [0.25, 0.3) is 0 Å². The van der Waals surface area contributed by atoms with Crippen LogP contribution in [0.4, 0.5) is 11.4 Å². The van der Waals surface area contributed by atoms with E-state index in [0.717, 1.165) is 22.7 Å². The van der Waals surface area contributed by atoms with Gasteiger partial charge in [0.05, 0.1) is 17.7 Å². The molecule has 0 spiro atoms. The number of nitrogens with zero attached hydrogens (tertiary/aromatic N) is 2. The first-order valence-electron chi connectivity index (χ1n) is 9.82. The Bertz CT molecular complexity index is 1180. The van der Waals surface area contributed by atoms with Gasteiger partial charge in [0, 0.05) is 17.8 Å². The van der Waals surface area contributed by atoms with Crippen LogP contribution in [0.1, 0.15) is 30.7 Å². The molecule has 0 saturated carbocycles. The molecule has 1 aromatic heterocycles. The third-order valence-electron chi connectivity index (χ3n) is 4.89. The van der Waals surface area contributed by atoms with Gasteiger partial charge in [0.1, 0.15) is 11.8 Å². The van der Waals surface area contributed by atoms with Gasteiger partial charge in [-0.15, -0.1) is 0 Å². The van der Waals surface area contributed by atoms with E-state index in [1.807, 2.05) is 54.6 Å². The highest BCUT2D eigenvalue weighted by Crippen LogP contribution is 2.33. The Morgan fingerprint density at radius 2 is 1.84 bits per heavy atom. The summed E-state index contributed by atoms with van der Waals surface area (Å²) in [5.74, 6) is 0.788. The highest BCUT2D eigenvalue weighted by Gasteiger charge is 2.33. The van der Waals surface area contributed by atoms with Crippen LogP contribution in [-0.2, 0) is 10.0 Å². The molecule has 0 aliphatic carbocycles. The molecule has 0 radical (unpaired) electrons. The first-order valence-corrected chi connectivity index (χ1v) is 11.9. The van der Waals surface area contributed by atoms with E-state index >= 15 is 0 Å². The highest BCUT2D eigenvalue weighted by molar-refractivity contribution is 7.92. The highest BCUT2D eigenvalue weighted by atomic mass is 32.2. The first-order chi connectivity index (χ1) is 14.9. The third kappa shape index (κ3) is 4.95. The zero-order valence-electron chi connectivity index (χ0n) is 16.9. The van der Waals surface area contributed by atoms with Crippen molar-refractivity contribution in [1.29, 1.82) is 0 Å². The second-order valence-corrected chi connectivity index (χ2v) is 9.40. The number of hydrazone groups is 1. The minimum Gasteiger partial charge on any atom is -0.467 e. The Hall–Kier alpha value is -3.17. The van der Waals surface area contributed by atoms with Crippen molar-refractivity contribution in [1.82, 2.24) is 5.01 Å². The summed E-state index contributed by atoms with van der Waals surface area (Å²) in [6.07, 6.45) is 2.23. The van der Waals surface area contributed by atoms with Gasteiger partial charge in [-0.25, -0.2) is 13.4 Å². The van der Waals surface area contributed by atoms with Gasteiger partial charge in [-0.1, -0.05) is 30.3 Å². The smallest absolute Gasteiger partial charge is 0.232 e. The van der Waals surface area contributed by atoms with E-state index in [2.05, 4.69) is 10.0 Å². The molecule has 1 atom stereocenters. The fourth-order valence-corrected chi connectivity index (χ4v) is 4.18.